The number of carbonyl (C=O) groups excluding carboxylic acids is 1. The molecule has 3 heteroatoms. The van der Waals surface area contributed by atoms with Gasteiger partial charge in [-0.15, -0.1) is 0 Å². The number of rotatable bonds is 5. The largest absolute Gasteiger partial charge is 0.289 e. The second kappa shape index (κ2) is 6.06. The monoisotopic (exact) mass is 212 g/mol. The predicted molar refractivity (Wildman–Crippen MR) is 57.6 cm³/mol. The van der Waals surface area contributed by atoms with Crippen LogP contribution in [-0.2, 0) is 4.79 Å². The smallest absolute Gasteiger partial charge is 0.277 e. The van der Waals surface area contributed by atoms with Gasteiger partial charge in [-0.1, -0.05) is 32.2 Å². The zero-order valence-corrected chi connectivity index (χ0v) is 8.94. The third-order valence-electron chi connectivity index (χ3n) is 2.04. The van der Waals surface area contributed by atoms with E-state index in [2.05, 4.69) is 13.2 Å². The molecule has 0 amide bonds. The highest BCUT2D eigenvalue weighted by atomic mass is 19.3. The highest BCUT2D eigenvalue weighted by Crippen LogP contribution is 2.19. The average Bonchev–Trinajstić information content (AvgIpc) is 2.19. The van der Waals surface area contributed by atoms with Crippen LogP contribution in [0, 0.1) is 0 Å². The summed E-state index contributed by atoms with van der Waals surface area (Å²) in [6.45, 7) is 10.1. The van der Waals surface area contributed by atoms with Crippen molar-refractivity contribution in [1.82, 2.24) is 0 Å². The molecule has 0 aromatic carbocycles. The molecule has 0 saturated heterocycles. The Hall–Kier alpha value is -1.51. The number of hydrogen-bond donors (Lipinski definition) is 0. The first-order chi connectivity index (χ1) is 6.99. The van der Waals surface area contributed by atoms with E-state index in [0.29, 0.717) is 5.57 Å². The molecule has 0 aliphatic carbocycles. The Bertz CT molecular complexity index is 345. The summed E-state index contributed by atoms with van der Waals surface area (Å²) in [6, 6.07) is 0. The summed E-state index contributed by atoms with van der Waals surface area (Å²) in [7, 11) is 0. The molecule has 0 aromatic rings. The van der Waals surface area contributed by atoms with Gasteiger partial charge in [-0.25, -0.2) is 0 Å². The van der Waals surface area contributed by atoms with Crippen LogP contribution in [0.25, 0.3) is 0 Å². The second-order valence-electron chi connectivity index (χ2n) is 2.93. The van der Waals surface area contributed by atoms with E-state index >= 15 is 0 Å². The highest BCUT2D eigenvalue weighted by molar-refractivity contribution is 6.10. The van der Waals surface area contributed by atoms with Crippen LogP contribution in [0.15, 0.2) is 48.1 Å². The maximum absolute atomic E-state index is 12.4. The molecule has 0 fully saturated rings. The summed E-state index contributed by atoms with van der Waals surface area (Å²) in [6.07, 6.45) is 0.790. The summed E-state index contributed by atoms with van der Waals surface area (Å²) in [5.74, 6) is -0.676. The van der Waals surface area contributed by atoms with Crippen LogP contribution in [0.3, 0.4) is 0 Å². The minimum absolute atomic E-state index is 0.00291. The standard InChI is InChI=1S/C12H14F2O/c1-5-8(4)9(6-2)11(15)10(7-3)12(13)14/h5-6H,1-2,7H2,3-4H3/b9-8+. The van der Waals surface area contributed by atoms with Gasteiger partial charge in [-0.05, 0) is 18.9 Å². The first-order valence-corrected chi connectivity index (χ1v) is 4.54. The van der Waals surface area contributed by atoms with E-state index in [1.54, 1.807) is 6.92 Å². The van der Waals surface area contributed by atoms with Crippen LogP contribution in [0.2, 0.25) is 0 Å². The lowest BCUT2D eigenvalue weighted by molar-refractivity contribution is -0.112. The summed E-state index contributed by atoms with van der Waals surface area (Å²) < 4.78 is 24.8. The van der Waals surface area contributed by atoms with E-state index < -0.39 is 17.4 Å². The van der Waals surface area contributed by atoms with Crippen molar-refractivity contribution in [2.45, 2.75) is 20.3 Å². The molecule has 15 heavy (non-hydrogen) atoms. The van der Waals surface area contributed by atoms with Crippen molar-refractivity contribution < 1.29 is 13.6 Å². The quantitative estimate of drug-likeness (QED) is 0.500. The fourth-order valence-electron chi connectivity index (χ4n) is 1.09. The lowest BCUT2D eigenvalue weighted by Gasteiger charge is -2.05. The Morgan fingerprint density at radius 3 is 2.07 bits per heavy atom. The molecule has 0 N–H and O–H groups in total. The minimum atomic E-state index is -1.93. The van der Waals surface area contributed by atoms with Gasteiger partial charge in [0.05, 0.1) is 5.57 Å². The normalized spacial score (nSPS) is 11.5. The first kappa shape index (κ1) is 13.5. The molecule has 0 heterocycles. The number of halogens is 2. The lowest BCUT2D eigenvalue weighted by atomic mass is 9.98. The van der Waals surface area contributed by atoms with Gasteiger partial charge in [-0.2, -0.15) is 8.78 Å². The molecule has 0 aliphatic rings. The number of ketones is 1. The third kappa shape index (κ3) is 3.27. The Kier molecular flexibility index (Phi) is 5.45. The van der Waals surface area contributed by atoms with Crippen molar-refractivity contribution in [1.29, 1.82) is 0 Å². The molecule has 1 nitrogen and oxygen atoms in total. The van der Waals surface area contributed by atoms with E-state index in [0.717, 1.165) is 0 Å². The lowest BCUT2D eigenvalue weighted by Crippen LogP contribution is -2.06. The molecule has 0 atom stereocenters. The van der Waals surface area contributed by atoms with E-state index in [4.69, 9.17) is 0 Å². The SMILES string of the molecule is C=C/C(C)=C(\C=C)C(=O)C(CC)=C(F)F. The molecule has 0 saturated carbocycles. The van der Waals surface area contributed by atoms with Crippen molar-refractivity contribution in [2.24, 2.45) is 0 Å². The molecule has 0 aromatic heterocycles. The third-order valence-corrected chi connectivity index (χ3v) is 2.04. The first-order valence-electron chi connectivity index (χ1n) is 4.54. The highest BCUT2D eigenvalue weighted by Gasteiger charge is 2.17. The van der Waals surface area contributed by atoms with Crippen LogP contribution in [0.1, 0.15) is 20.3 Å². The van der Waals surface area contributed by atoms with Crippen LogP contribution < -0.4 is 0 Å². The summed E-state index contributed by atoms with van der Waals surface area (Å²) >= 11 is 0. The zero-order valence-electron chi connectivity index (χ0n) is 8.94. The molecule has 0 bridgehead atoms. The summed E-state index contributed by atoms with van der Waals surface area (Å²) in [5, 5.41) is 0. The van der Waals surface area contributed by atoms with Gasteiger partial charge >= 0.3 is 0 Å². The molecular formula is C12H14F2O. The van der Waals surface area contributed by atoms with Crippen LogP contribution in [0.5, 0.6) is 0 Å². The maximum Gasteiger partial charge on any atom is 0.277 e. The molecule has 82 valence electrons. The van der Waals surface area contributed by atoms with Crippen LogP contribution >= 0.6 is 0 Å². The Labute approximate surface area is 88.5 Å². The maximum atomic E-state index is 12.4. The molecule has 0 rings (SSSR count). The van der Waals surface area contributed by atoms with Crippen molar-refractivity contribution >= 4 is 5.78 Å². The average molecular weight is 212 g/mol. The van der Waals surface area contributed by atoms with Crippen molar-refractivity contribution in [3.8, 4) is 0 Å². The van der Waals surface area contributed by atoms with Gasteiger partial charge in [0.25, 0.3) is 6.08 Å². The van der Waals surface area contributed by atoms with Gasteiger partial charge in [0.2, 0.25) is 0 Å². The van der Waals surface area contributed by atoms with Crippen LogP contribution in [0.4, 0.5) is 8.78 Å². The van der Waals surface area contributed by atoms with Gasteiger partial charge in [0.1, 0.15) is 0 Å². The molecule has 0 radical (unpaired) electrons. The molecule has 0 unspecified atom stereocenters. The van der Waals surface area contributed by atoms with E-state index in [1.807, 2.05) is 0 Å². The Morgan fingerprint density at radius 1 is 1.27 bits per heavy atom. The minimum Gasteiger partial charge on any atom is -0.289 e. The number of allylic oxidation sites excluding steroid dienone is 5. The van der Waals surface area contributed by atoms with Crippen molar-refractivity contribution in [3.05, 3.63) is 48.1 Å². The predicted octanol–water partition coefficient (Wildman–Crippen LogP) is 3.80. The van der Waals surface area contributed by atoms with Crippen molar-refractivity contribution in [2.75, 3.05) is 0 Å². The van der Waals surface area contributed by atoms with Gasteiger partial charge in [-0.3, -0.25) is 4.79 Å². The topological polar surface area (TPSA) is 17.1 Å². The van der Waals surface area contributed by atoms with Gasteiger partial charge < -0.3 is 0 Å². The van der Waals surface area contributed by atoms with Crippen LogP contribution in [-0.4, -0.2) is 5.78 Å². The fourth-order valence-corrected chi connectivity index (χ4v) is 1.09. The molecule has 0 spiro atoms. The van der Waals surface area contributed by atoms with Gasteiger partial charge in [0, 0.05) is 5.57 Å². The Morgan fingerprint density at radius 2 is 1.80 bits per heavy atom. The fraction of sp³-hybridized carbons (Fsp3) is 0.250. The van der Waals surface area contributed by atoms with E-state index in [-0.39, 0.29) is 12.0 Å². The molecule has 0 aliphatic heterocycles. The van der Waals surface area contributed by atoms with Gasteiger partial charge in [0.15, 0.2) is 5.78 Å². The summed E-state index contributed by atoms with van der Waals surface area (Å²) in [4.78, 5) is 11.6. The number of carbonyl (C=O) groups is 1. The second-order valence-corrected chi connectivity index (χ2v) is 2.93. The Balaban J connectivity index is 5.42. The van der Waals surface area contributed by atoms with E-state index in [9.17, 15) is 13.6 Å². The van der Waals surface area contributed by atoms with Crippen molar-refractivity contribution in [3.63, 3.8) is 0 Å². The van der Waals surface area contributed by atoms with E-state index in [1.165, 1.54) is 19.1 Å². The zero-order chi connectivity index (χ0) is 12.0. The number of hydrogen-bond acceptors (Lipinski definition) is 1. The summed E-state index contributed by atoms with van der Waals surface area (Å²) in [5.41, 5.74) is 0.253. The number of Topliss-reactive ketones (excluding diaryl/α,β-unsaturated/α-hetero) is 1. The molecular weight excluding hydrogens is 198 g/mol.